The summed E-state index contributed by atoms with van der Waals surface area (Å²) in [5, 5.41) is 8.51. The van der Waals surface area contributed by atoms with Crippen molar-refractivity contribution in [3.05, 3.63) is 0 Å². The molecule has 0 aliphatic heterocycles. The molecule has 0 saturated carbocycles. The second-order valence-corrected chi connectivity index (χ2v) is 4.32. The number of aliphatic carboxylic acids is 1. The van der Waals surface area contributed by atoms with Gasteiger partial charge in [0.25, 0.3) is 0 Å². The molecule has 0 bridgehead atoms. The molecule has 2 atom stereocenters. The van der Waals surface area contributed by atoms with Gasteiger partial charge in [0, 0.05) is 0 Å². The van der Waals surface area contributed by atoms with Gasteiger partial charge in [-0.15, -0.1) is 0 Å². The third-order valence-electron chi connectivity index (χ3n) is 1.53. The lowest BCUT2D eigenvalue weighted by molar-refractivity contribution is -0.156. The third-order valence-corrected chi connectivity index (χ3v) is 1.53. The fourth-order valence-electron chi connectivity index (χ4n) is 0.848. The molecule has 88 valence electrons. The van der Waals surface area contributed by atoms with Gasteiger partial charge in [0.1, 0.15) is 17.7 Å². The van der Waals surface area contributed by atoms with Gasteiger partial charge < -0.3 is 21.3 Å². The van der Waals surface area contributed by atoms with Gasteiger partial charge >= 0.3 is 11.9 Å². The number of ether oxygens (including phenoxy) is 1. The molecule has 0 aromatic rings. The Hall–Kier alpha value is -1.14. The van der Waals surface area contributed by atoms with Crippen LogP contribution >= 0.6 is 0 Å². The van der Waals surface area contributed by atoms with E-state index in [2.05, 4.69) is 0 Å². The zero-order valence-electron chi connectivity index (χ0n) is 9.19. The van der Waals surface area contributed by atoms with Crippen molar-refractivity contribution in [3.63, 3.8) is 0 Å². The molecule has 0 aliphatic rings. The van der Waals surface area contributed by atoms with Crippen LogP contribution in [0.15, 0.2) is 0 Å². The molecule has 0 radical (unpaired) electrons. The topological polar surface area (TPSA) is 116 Å². The van der Waals surface area contributed by atoms with E-state index in [9.17, 15) is 9.59 Å². The van der Waals surface area contributed by atoms with E-state index < -0.39 is 29.6 Å². The zero-order valence-corrected chi connectivity index (χ0v) is 9.19. The fraction of sp³-hybridized carbons (Fsp3) is 0.778. The van der Waals surface area contributed by atoms with Crippen LogP contribution in [0.4, 0.5) is 0 Å². The largest absolute Gasteiger partial charge is 0.480 e. The minimum absolute atomic E-state index is 0.135. The van der Waals surface area contributed by atoms with Crippen LogP contribution in [-0.4, -0.2) is 34.7 Å². The highest BCUT2D eigenvalue weighted by atomic mass is 16.6. The molecule has 0 aliphatic carbocycles. The first-order valence-electron chi connectivity index (χ1n) is 4.60. The Balaban J connectivity index is 4.17. The summed E-state index contributed by atoms with van der Waals surface area (Å²) in [6.45, 7) is 5.11. The van der Waals surface area contributed by atoms with Crippen molar-refractivity contribution in [1.82, 2.24) is 0 Å². The van der Waals surface area contributed by atoms with E-state index in [1.54, 1.807) is 20.8 Å². The Labute approximate surface area is 88.6 Å². The smallest absolute Gasteiger partial charge is 0.323 e. The van der Waals surface area contributed by atoms with Gasteiger partial charge in [-0.3, -0.25) is 9.59 Å². The van der Waals surface area contributed by atoms with Crippen LogP contribution in [0, 0.1) is 0 Å². The van der Waals surface area contributed by atoms with E-state index in [-0.39, 0.29) is 6.42 Å². The summed E-state index contributed by atoms with van der Waals surface area (Å²) in [7, 11) is 0. The number of hydrogen-bond acceptors (Lipinski definition) is 5. The molecule has 6 heteroatoms. The van der Waals surface area contributed by atoms with Crippen LogP contribution in [0.5, 0.6) is 0 Å². The third kappa shape index (κ3) is 6.03. The Bertz CT molecular complexity index is 247. The highest BCUT2D eigenvalue weighted by molar-refractivity contribution is 5.78. The summed E-state index contributed by atoms with van der Waals surface area (Å²) in [5.74, 6) is -1.83. The van der Waals surface area contributed by atoms with Crippen LogP contribution in [0.3, 0.4) is 0 Å². The summed E-state index contributed by atoms with van der Waals surface area (Å²) in [5.41, 5.74) is 10.0. The molecule has 0 heterocycles. The maximum absolute atomic E-state index is 11.3. The summed E-state index contributed by atoms with van der Waals surface area (Å²) in [6.07, 6.45) is -0.135. The molecule has 0 rings (SSSR count). The minimum Gasteiger partial charge on any atom is -0.480 e. The molecule has 15 heavy (non-hydrogen) atoms. The highest BCUT2D eigenvalue weighted by Gasteiger charge is 2.25. The predicted octanol–water partition coefficient (Wildman–Crippen LogP) is -0.543. The van der Waals surface area contributed by atoms with Crippen LogP contribution in [-0.2, 0) is 14.3 Å². The molecule has 0 amide bonds. The number of carboxylic acids is 1. The van der Waals surface area contributed by atoms with Gasteiger partial charge in [-0.25, -0.2) is 0 Å². The number of carbonyl (C=O) groups excluding carboxylic acids is 1. The Morgan fingerprint density at radius 1 is 1.27 bits per heavy atom. The summed E-state index contributed by atoms with van der Waals surface area (Å²) < 4.78 is 4.97. The summed E-state index contributed by atoms with van der Waals surface area (Å²) >= 11 is 0. The van der Waals surface area contributed by atoms with Crippen molar-refractivity contribution >= 4 is 11.9 Å². The Kier molecular flexibility index (Phi) is 4.70. The molecule has 0 fully saturated rings. The normalized spacial score (nSPS) is 15.5. The Morgan fingerprint density at radius 3 is 2.07 bits per heavy atom. The first kappa shape index (κ1) is 13.9. The number of nitrogens with two attached hydrogens (primary N) is 2. The second kappa shape index (κ2) is 5.09. The van der Waals surface area contributed by atoms with Crippen molar-refractivity contribution in [3.8, 4) is 0 Å². The molecule has 0 unspecified atom stereocenters. The van der Waals surface area contributed by atoms with Crippen LogP contribution < -0.4 is 11.5 Å². The minimum atomic E-state index is -1.19. The van der Waals surface area contributed by atoms with Gasteiger partial charge in [0.15, 0.2) is 0 Å². The van der Waals surface area contributed by atoms with Crippen molar-refractivity contribution in [2.75, 3.05) is 0 Å². The molecular formula is C9H18N2O4. The fourth-order valence-corrected chi connectivity index (χ4v) is 0.848. The molecule has 0 spiro atoms. The lowest BCUT2D eigenvalue weighted by Crippen LogP contribution is -2.43. The number of esters is 1. The van der Waals surface area contributed by atoms with Crippen LogP contribution in [0.2, 0.25) is 0 Å². The second-order valence-electron chi connectivity index (χ2n) is 4.32. The summed E-state index contributed by atoms with van der Waals surface area (Å²) in [4.78, 5) is 21.7. The Morgan fingerprint density at radius 2 is 1.73 bits per heavy atom. The van der Waals surface area contributed by atoms with E-state index in [4.69, 9.17) is 21.3 Å². The summed E-state index contributed by atoms with van der Waals surface area (Å²) in [6, 6.07) is -2.15. The number of hydrogen-bond donors (Lipinski definition) is 3. The number of carboxylic acid groups (broad SMARTS) is 1. The molecule has 0 aromatic carbocycles. The van der Waals surface area contributed by atoms with Crippen LogP contribution in [0.1, 0.15) is 27.2 Å². The number of carbonyl (C=O) groups is 2. The van der Waals surface area contributed by atoms with Crippen LogP contribution in [0.25, 0.3) is 0 Å². The quantitative estimate of drug-likeness (QED) is 0.545. The molecule has 0 saturated heterocycles. The average Bonchev–Trinajstić information content (AvgIpc) is 2.00. The SMILES string of the molecule is CC(C)(C)OC(=O)[C@H](N)C[C@H](N)C(=O)O. The average molecular weight is 218 g/mol. The van der Waals surface area contributed by atoms with Crippen molar-refractivity contribution in [2.45, 2.75) is 44.9 Å². The molecule has 5 N–H and O–H groups in total. The van der Waals surface area contributed by atoms with Gasteiger partial charge in [-0.1, -0.05) is 0 Å². The van der Waals surface area contributed by atoms with Gasteiger partial charge in [-0.05, 0) is 27.2 Å². The standard InChI is InChI=1S/C9H18N2O4/c1-9(2,3)15-8(14)6(11)4-5(10)7(12)13/h5-6H,4,10-11H2,1-3H3,(H,12,13)/t5-,6+/m0/s1. The zero-order chi connectivity index (χ0) is 12.2. The van der Waals surface area contributed by atoms with E-state index in [1.807, 2.05) is 0 Å². The molecule has 0 aromatic heterocycles. The van der Waals surface area contributed by atoms with E-state index in [0.29, 0.717) is 0 Å². The van der Waals surface area contributed by atoms with Gasteiger partial charge in [0.05, 0.1) is 0 Å². The predicted molar refractivity (Wildman–Crippen MR) is 54.0 cm³/mol. The highest BCUT2D eigenvalue weighted by Crippen LogP contribution is 2.09. The monoisotopic (exact) mass is 218 g/mol. The van der Waals surface area contributed by atoms with E-state index in [0.717, 1.165) is 0 Å². The van der Waals surface area contributed by atoms with Crippen molar-refractivity contribution in [1.29, 1.82) is 0 Å². The van der Waals surface area contributed by atoms with Gasteiger partial charge in [0.2, 0.25) is 0 Å². The maximum atomic E-state index is 11.3. The first-order valence-corrected chi connectivity index (χ1v) is 4.60. The van der Waals surface area contributed by atoms with Crippen molar-refractivity contribution < 1.29 is 19.4 Å². The maximum Gasteiger partial charge on any atom is 0.323 e. The van der Waals surface area contributed by atoms with Gasteiger partial charge in [-0.2, -0.15) is 0 Å². The first-order chi connectivity index (χ1) is 6.63. The lowest BCUT2D eigenvalue weighted by Gasteiger charge is -2.22. The molecule has 6 nitrogen and oxygen atoms in total. The molecular weight excluding hydrogens is 200 g/mol. The van der Waals surface area contributed by atoms with Crippen molar-refractivity contribution in [2.24, 2.45) is 11.5 Å². The number of rotatable bonds is 4. The van der Waals surface area contributed by atoms with E-state index >= 15 is 0 Å². The van der Waals surface area contributed by atoms with E-state index in [1.165, 1.54) is 0 Å². The lowest BCUT2D eigenvalue weighted by atomic mass is 10.1.